The van der Waals surface area contributed by atoms with Gasteiger partial charge in [-0.15, -0.1) is 11.3 Å². The summed E-state index contributed by atoms with van der Waals surface area (Å²) >= 11 is 4.80. The van der Waals surface area contributed by atoms with Crippen LogP contribution in [0.1, 0.15) is 11.5 Å². The van der Waals surface area contributed by atoms with Gasteiger partial charge in [-0.1, -0.05) is 0 Å². The topological polar surface area (TPSA) is 67.8 Å². The van der Waals surface area contributed by atoms with Crippen LogP contribution in [0, 0.1) is 0 Å². The van der Waals surface area contributed by atoms with Crippen LogP contribution in [0.3, 0.4) is 0 Å². The smallest absolute Gasteiger partial charge is 0.226 e. The second-order valence-electron chi connectivity index (χ2n) is 3.19. The lowest BCUT2D eigenvalue weighted by molar-refractivity contribution is -0.120. The first-order chi connectivity index (χ1) is 8.25. The Labute approximate surface area is 110 Å². The standard InChI is InChI=1S/C10H9BrN4OS/c11-10-7(15-6-17-10)4-9(16)14-5-8-12-2-1-3-13-8/h1-3,6H,4-5H2,(H,14,16). The number of nitrogens with zero attached hydrogens (tertiary/aromatic N) is 3. The Morgan fingerprint density at radius 1 is 1.35 bits per heavy atom. The second kappa shape index (κ2) is 5.83. The third-order valence-corrected chi connectivity index (χ3v) is 3.65. The van der Waals surface area contributed by atoms with Crippen molar-refractivity contribution in [3.63, 3.8) is 0 Å². The Balaban J connectivity index is 1.85. The number of carbonyl (C=O) groups is 1. The van der Waals surface area contributed by atoms with E-state index in [1.807, 2.05) is 0 Å². The second-order valence-corrected chi connectivity index (χ2v) is 5.36. The van der Waals surface area contributed by atoms with E-state index in [0.29, 0.717) is 12.4 Å². The molecule has 1 N–H and O–H groups in total. The first-order valence-corrected chi connectivity index (χ1v) is 6.53. The van der Waals surface area contributed by atoms with E-state index in [1.165, 1.54) is 11.3 Å². The minimum absolute atomic E-state index is 0.0935. The summed E-state index contributed by atoms with van der Waals surface area (Å²) in [7, 11) is 0. The van der Waals surface area contributed by atoms with Crippen LogP contribution in [0.4, 0.5) is 0 Å². The Kier molecular flexibility index (Phi) is 4.16. The highest BCUT2D eigenvalue weighted by Gasteiger charge is 2.09. The number of rotatable bonds is 4. The molecule has 0 saturated heterocycles. The molecule has 17 heavy (non-hydrogen) atoms. The predicted octanol–water partition coefficient (Wildman–Crippen LogP) is 1.55. The van der Waals surface area contributed by atoms with Crippen molar-refractivity contribution in [2.75, 3.05) is 0 Å². The van der Waals surface area contributed by atoms with Crippen LogP contribution in [-0.4, -0.2) is 20.9 Å². The van der Waals surface area contributed by atoms with Gasteiger partial charge in [-0.3, -0.25) is 4.79 Å². The van der Waals surface area contributed by atoms with Crippen molar-refractivity contribution in [2.45, 2.75) is 13.0 Å². The minimum Gasteiger partial charge on any atom is -0.348 e. The first-order valence-electron chi connectivity index (χ1n) is 4.86. The molecule has 1 amide bonds. The molecule has 0 aliphatic rings. The number of amides is 1. The van der Waals surface area contributed by atoms with Gasteiger partial charge in [0, 0.05) is 12.4 Å². The molecule has 0 unspecified atom stereocenters. The van der Waals surface area contributed by atoms with Crippen molar-refractivity contribution in [2.24, 2.45) is 0 Å². The Morgan fingerprint density at radius 3 is 2.76 bits per heavy atom. The summed E-state index contributed by atoms with van der Waals surface area (Å²) in [6.45, 7) is 0.335. The van der Waals surface area contributed by atoms with E-state index in [2.05, 4.69) is 36.2 Å². The van der Waals surface area contributed by atoms with E-state index in [4.69, 9.17) is 0 Å². The van der Waals surface area contributed by atoms with Crippen molar-refractivity contribution in [1.82, 2.24) is 20.3 Å². The maximum Gasteiger partial charge on any atom is 0.226 e. The number of hydrogen-bond acceptors (Lipinski definition) is 5. The Morgan fingerprint density at radius 2 is 2.12 bits per heavy atom. The highest BCUT2D eigenvalue weighted by atomic mass is 79.9. The number of nitrogens with one attached hydrogen (secondary N) is 1. The molecule has 0 atom stereocenters. The third kappa shape index (κ3) is 3.57. The van der Waals surface area contributed by atoms with Gasteiger partial charge >= 0.3 is 0 Å². The van der Waals surface area contributed by atoms with Gasteiger partial charge in [0.1, 0.15) is 5.82 Å². The van der Waals surface area contributed by atoms with Gasteiger partial charge in [0.2, 0.25) is 5.91 Å². The summed E-state index contributed by atoms with van der Waals surface area (Å²) in [4.78, 5) is 23.7. The summed E-state index contributed by atoms with van der Waals surface area (Å²) in [5.74, 6) is 0.502. The number of carbonyl (C=O) groups excluding carboxylic acids is 1. The molecule has 0 saturated carbocycles. The lowest BCUT2D eigenvalue weighted by Crippen LogP contribution is -2.25. The minimum atomic E-state index is -0.0935. The molecule has 0 spiro atoms. The summed E-state index contributed by atoms with van der Waals surface area (Å²) in [5, 5.41) is 2.74. The normalized spacial score (nSPS) is 10.2. The van der Waals surface area contributed by atoms with Crippen molar-refractivity contribution in [3.05, 3.63) is 39.3 Å². The van der Waals surface area contributed by atoms with Crippen LogP contribution >= 0.6 is 27.3 Å². The summed E-state index contributed by atoms with van der Waals surface area (Å²) in [6.07, 6.45) is 3.55. The van der Waals surface area contributed by atoms with Crippen LogP contribution in [-0.2, 0) is 17.8 Å². The molecule has 0 aliphatic carbocycles. The van der Waals surface area contributed by atoms with Crippen molar-refractivity contribution in [1.29, 1.82) is 0 Å². The van der Waals surface area contributed by atoms with Crippen LogP contribution in [0.15, 0.2) is 27.8 Å². The molecule has 0 radical (unpaired) electrons. The van der Waals surface area contributed by atoms with E-state index < -0.39 is 0 Å². The fraction of sp³-hybridized carbons (Fsp3) is 0.200. The lowest BCUT2D eigenvalue weighted by Gasteiger charge is -2.02. The van der Waals surface area contributed by atoms with Crippen molar-refractivity contribution in [3.8, 4) is 0 Å². The molecule has 2 aromatic heterocycles. The molecule has 0 bridgehead atoms. The maximum atomic E-state index is 11.6. The van der Waals surface area contributed by atoms with Crippen LogP contribution in [0.2, 0.25) is 0 Å². The van der Waals surface area contributed by atoms with Gasteiger partial charge in [-0.2, -0.15) is 0 Å². The monoisotopic (exact) mass is 312 g/mol. The molecule has 5 nitrogen and oxygen atoms in total. The summed E-state index contributed by atoms with van der Waals surface area (Å²) in [5.41, 5.74) is 2.45. The molecule has 0 aromatic carbocycles. The number of hydrogen-bond donors (Lipinski definition) is 1. The highest BCUT2D eigenvalue weighted by Crippen LogP contribution is 2.20. The molecule has 88 valence electrons. The third-order valence-electron chi connectivity index (χ3n) is 1.98. The zero-order valence-electron chi connectivity index (χ0n) is 8.76. The molecule has 2 aromatic rings. The fourth-order valence-corrected chi connectivity index (χ4v) is 2.21. The van der Waals surface area contributed by atoms with E-state index in [9.17, 15) is 4.79 Å². The van der Waals surface area contributed by atoms with Gasteiger partial charge < -0.3 is 5.32 Å². The summed E-state index contributed by atoms with van der Waals surface area (Å²) < 4.78 is 0.892. The molecular formula is C10H9BrN4OS. The van der Waals surface area contributed by atoms with E-state index in [1.54, 1.807) is 24.0 Å². The first kappa shape index (κ1) is 12.1. The molecule has 2 rings (SSSR count). The lowest BCUT2D eigenvalue weighted by atomic mass is 10.3. The summed E-state index contributed by atoms with van der Waals surface area (Å²) in [6, 6.07) is 1.73. The molecule has 0 aliphatic heterocycles. The quantitative estimate of drug-likeness (QED) is 0.930. The van der Waals surface area contributed by atoms with E-state index >= 15 is 0 Å². The Hall–Kier alpha value is -1.34. The number of thiazole rings is 1. The molecule has 7 heteroatoms. The van der Waals surface area contributed by atoms with Gasteiger partial charge in [0.05, 0.1) is 28.0 Å². The largest absolute Gasteiger partial charge is 0.348 e. The average molecular weight is 313 g/mol. The Bertz CT molecular complexity index is 502. The van der Waals surface area contributed by atoms with E-state index in [0.717, 1.165) is 9.48 Å². The molecule has 2 heterocycles. The van der Waals surface area contributed by atoms with Crippen LogP contribution < -0.4 is 5.32 Å². The van der Waals surface area contributed by atoms with Gasteiger partial charge in [-0.05, 0) is 22.0 Å². The van der Waals surface area contributed by atoms with Gasteiger partial charge in [-0.25, -0.2) is 15.0 Å². The zero-order chi connectivity index (χ0) is 12.1. The van der Waals surface area contributed by atoms with Crippen LogP contribution in [0.5, 0.6) is 0 Å². The molecule has 0 fully saturated rings. The highest BCUT2D eigenvalue weighted by molar-refractivity contribution is 9.11. The zero-order valence-corrected chi connectivity index (χ0v) is 11.2. The van der Waals surface area contributed by atoms with Gasteiger partial charge in [0.25, 0.3) is 0 Å². The van der Waals surface area contributed by atoms with Gasteiger partial charge in [0.15, 0.2) is 0 Å². The van der Waals surface area contributed by atoms with Crippen molar-refractivity contribution >= 4 is 33.2 Å². The van der Waals surface area contributed by atoms with Crippen molar-refractivity contribution < 1.29 is 4.79 Å². The number of aromatic nitrogens is 3. The predicted molar refractivity (Wildman–Crippen MR) is 67.4 cm³/mol. The fourth-order valence-electron chi connectivity index (χ4n) is 1.18. The van der Waals surface area contributed by atoms with E-state index in [-0.39, 0.29) is 12.3 Å². The average Bonchev–Trinajstić information content (AvgIpc) is 2.74. The van der Waals surface area contributed by atoms with Crippen LogP contribution in [0.25, 0.3) is 0 Å². The SMILES string of the molecule is O=C(Cc1ncsc1Br)NCc1ncccn1. The molecular weight excluding hydrogens is 304 g/mol. The maximum absolute atomic E-state index is 11.6. The number of halogens is 1.